The molecule has 0 fully saturated rings. The van der Waals surface area contributed by atoms with Gasteiger partial charge in [-0.15, -0.1) is 0 Å². The summed E-state index contributed by atoms with van der Waals surface area (Å²) in [5.41, 5.74) is 3.89. The molecule has 1 unspecified atom stereocenters. The number of hydrogen-bond donors (Lipinski definition) is 1. The zero-order valence-electron chi connectivity index (χ0n) is 15.9. The Balaban J connectivity index is 1.96. The Kier molecular flexibility index (Phi) is 5.81. The largest absolute Gasteiger partial charge is 0.462 e. The van der Waals surface area contributed by atoms with E-state index < -0.39 is 0 Å². The molecule has 0 saturated carbocycles. The summed E-state index contributed by atoms with van der Waals surface area (Å²) in [5.74, 6) is -0.589. The van der Waals surface area contributed by atoms with Crippen LogP contribution >= 0.6 is 0 Å². The Morgan fingerprint density at radius 2 is 1.93 bits per heavy atom. The predicted molar refractivity (Wildman–Crippen MR) is 103 cm³/mol. The Hall–Kier alpha value is -2.79. The van der Waals surface area contributed by atoms with Crippen LogP contribution in [0.15, 0.2) is 48.5 Å². The van der Waals surface area contributed by atoms with Gasteiger partial charge in [-0.25, -0.2) is 14.2 Å². The molecule has 0 aliphatic rings. The highest BCUT2D eigenvalue weighted by molar-refractivity contribution is 5.98. The molecule has 0 amide bonds. The minimum Gasteiger partial charge on any atom is -0.462 e. The first-order valence-electron chi connectivity index (χ1n) is 9.10. The Bertz CT molecular complexity index is 972. The minimum absolute atomic E-state index is 0.243. The van der Waals surface area contributed by atoms with Crippen LogP contribution in [0.25, 0.3) is 10.9 Å². The first-order valence-corrected chi connectivity index (χ1v) is 9.10. The van der Waals surface area contributed by atoms with Gasteiger partial charge in [0, 0.05) is 10.9 Å². The first kappa shape index (κ1) is 19.0. The molecule has 0 saturated heterocycles. The lowest BCUT2D eigenvalue weighted by molar-refractivity contribution is -0.908. The van der Waals surface area contributed by atoms with E-state index in [0.29, 0.717) is 31.0 Å². The lowest BCUT2D eigenvalue weighted by atomic mass is 10.0. The summed E-state index contributed by atoms with van der Waals surface area (Å²) < 4.78 is 18.7. The third-order valence-corrected chi connectivity index (χ3v) is 4.57. The van der Waals surface area contributed by atoms with Crippen molar-refractivity contribution in [2.75, 3.05) is 13.7 Å². The lowest BCUT2D eigenvalue weighted by Gasteiger charge is -2.18. The standard InChI is InChI=1S/C22H23FN2O2/c1-4-27-22(26)21-15(2)18-10-5-6-11-19(18)24-20(21)14-25(3)13-16-8-7-9-17(23)12-16/h5-12H,4,13-14H2,1-3H3/p+1. The van der Waals surface area contributed by atoms with Crippen molar-refractivity contribution in [1.29, 1.82) is 0 Å². The number of fused-ring (bicyclic) bond motifs is 1. The van der Waals surface area contributed by atoms with E-state index in [0.717, 1.165) is 26.9 Å². The smallest absolute Gasteiger partial charge is 0.340 e. The maximum atomic E-state index is 13.4. The number of aromatic nitrogens is 1. The van der Waals surface area contributed by atoms with E-state index in [4.69, 9.17) is 9.72 Å². The van der Waals surface area contributed by atoms with Crippen molar-refractivity contribution in [3.8, 4) is 0 Å². The highest BCUT2D eigenvalue weighted by Crippen LogP contribution is 2.23. The van der Waals surface area contributed by atoms with Gasteiger partial charge in [0.2, 0.25) is 0 Å². The summed E-state index contributed by atoms with van der Waals surface area (Å²) in [6.07, 6.45) is 0. The van der Waals surface area contributed by atoms with Crippen LogP contribution < -0.4 is 4.90 Å². The molecule has 1 heterocycles. The molecule has 1 aromatic heterocycles. The van der Waals surface area contributed by atoms with E-state index in [1.807, 2.05) is 44.3 Å². The molecule has 3 rings (SSSR count). The summed E-state index contributed by atoms with van der Waals surface area (Å²) in [5, 5.41) is 0.951. The van der Waals surface area contributed by atoms with Crippen LogP contribution in [0.5, 0.6) is 0 Å². The number of nitrogens with zero attached hydrogens (tertiary/aromatic N) is 1. The Morgan fingerprint density at radius 3 is 2.67 bits per heavy atom. The number of para-hydroxylation sites is 1. The number of esters is 1. The molecule has 0 bridgehead atoms. The second-order valence-electron chi connectivity index (χ2n) is 6.74. The monoisotopic (exact) mass is 367 g/mol. The van der Waals surface area contributed by atoms with Crippen LogP contribution in [0.1, 0.15) is 34.1 Å². The summed E-state index contributed by atoms with van der Waals surface area (Å²) in [6.45, 7) is 5.21. The maximum Gasteiger partial charge on any atom is 0.340 e. The van der Waals surface area contributed by atoms with Gasteiger partial charge >= 0.3 is 5.97 Å². The third kappa shape index (κ3) is 4.31. The number of carbonyl (C=O) groups is 1. The number of ether oxygens (including phenoxy) is 1. The van der Waals surface area contributed by atoms with E-state index in [-0.39, 0.29) is 11.8 Å². The number of rotatable bonds is 6. The molecule has 4 nitrogen and oxygen atoms in total. The maximum absolute atomic E-state index is 13.4. The fourth-order valence-electron chi connectivity index (χ4n) is 3.39. The number of nitrogens with one attached hydrogen (secondary N) is 1. The second kappa shape index (κ2) is 8.27. The SMILES string of the molecule is CCOC(=O)c1c(C[NH+](C)Cc2cccc(F)c2)nc2ccccc2c1C. The van der Waals surface area contributed by atoms with Gasteiger partial charge in [-0.2, -0.15) is 0 Å². The summed E-state index contributed by atoms with van der Waals surface area (Å²) in [4.78, 5) is 18.4. The molecule has 27 heavy (non-hydrogen) atoms. The highest BCUT2D eigenvalue weighted by Gasteiger charge is 2.22. The Labute approximate surface area is 158 Å². The van der Waals surface area contributed by atoms with Crippen molar-refractivity contribution in [1.82, 2.24) is 4.98 Å². The fourth-order valence-corrected chi connectivity index (χ4v) is 3.39. The molecule has 0 spiro atoms. The number of pyridine rings is 1. The van der Waals surface area contributed by atoms with Gasteiger partial charge in [-0.3, -0.25) is 0 Å². The van der Waals surface area contributed by atoms with Crippen molar-refractivity contribution in [2.24, 2.45) is 0 Å². The third-order valence-electron chi connectivity index (χ3n) is 4.57. The predicted octanol–water partition coefficient (Wildman–Crippen LogP) is 3.07. The van der Waals surface area contributed by atoms with Gasteiger partial charge in [-0.05, 0) is 37.6 Å². The number of aryl methyl sites for hydroxylation is 1. The van der Waals surface area contributed by atoms with Gasteiger partial charge in [0.05, 0.1) is 24.7 Å². The van der Waals surface area contributed by atoms with Gasteiger partial charge in [0.1, 0.15) is 24.6 Å². The summed E-state index contributed by atoms with van der Waals surface area (Å²) in [6, 6.07) is 14.4. The summed E-state index contributed by atoms with van der Waals surface area (Å²) >= 11 is 0. The van der Waals surface area contributed by atoms with Gasteiger partial charge in [0.25, 0.3) is 0 Å². The van der Waals surface area contributed by atoms with Crippen molar-refractivity contribution >= 4 is 16.9 Å². The van der Waals surface area contributed by atoms with Crippen molar-refractivity contribution < 1.29 is 18.8 Å². The molecule has 0 aliphatic heterocycles. The number of benzene rings is 2. The van der Waals surface area contributed by atoms with Crippen molar-refractivity contribution in [2.45, 2.75) is 26.9 Å². The molecule has 5 heteroatoms. The molecule has 0 radical (unpaired) electrons. The highest BCUT2D eigenvalue weighted by atomic mass is 19.1. The molecular weight excluding hydrogens is 343 g/mol. The van der Waals surface area contributed by atoms with E-state index in [2.05, 4.69) is 0 Å². The number of quaternary nitrogens is 1. The van der Waals surface area contributed by atoms with Crippen LogP contribution in [0.4, 0.5) is 4.39 Å². The molecule has 1 atom stereocenters. The van der Waals surface area contributed by atoms with Crippen LogP contribution in [0.3, 0.4) is 0 Å². The number of carbonyl (C=O) groups excluding carboxylic acids is 1. The first-order chi connectivity index (χ1) is 13.0. The number of halogens is 1. The van der Waals surface area contributed by atoms with E-state index >= 15 is 0 Å². The van der Waals surface area contributed by atoms with E-state index in [1.165, 1.54) is 12.1 Å². The number of hydrogen-bond acceptors (Lipinski definition) is 3. The quantitative estimate of drug-likeness (QED) is 0.681. The molecule has 3 aromatic rings. The van der Waals surface area contributed by atoms with Gasteiger partial charge in [-0.1, -0.05) is 30.3 Å². The van der Waals surface area contributed by atoms with Crippen LogP contribution in [0.2, 0.25) is 0 Å². The van der Waals surface area contributed by atoms with Gasteiger partial charge in [0.15, 0.2) is 0 Å². The zero-order chi connectivity index (χ0) is 19.4. The average Bonchev–Trinajstić information content (AvgIpc) is 2.62. The molecule has 140 valence electrons. The minimum atomic E-state index is -0.346. The topological polar surface area (TPSA) is 43.6 Å². The summed E-state index contributed by atoms with van der Waals surface area (Å²) in [7, 11) is 2.01. The average molecular weight is 367 g/mol. The molecule has 2 aromatic carbocycles. The normalized spacial score (nSPS) is 12.1. The van der Waals surface area contributed by atoms with Crippen LogP contribution in [0, 0.1) is 12.7 Å². The van der Waals surface area contributed by atoms with Gasteiger partial charge < -0.3 is 9.64 Å². The zero-order valence-corrected chi connectivity index (χ0v) is 15.9. The van der Waals surface area contributed by atoms with Crippen molar-refractivity contribution in [3.05, 3.63) is 76.7 Å². The fraction of sp³-hybridized carbons (Fsp3) is 0.273. The molecular formula is C22H24FN2O2+. The van der Waals surface area contributed by atoms with E-state index in [9.17, 15) is 9.18 Å². The van der Waals surface area contributed by atoms with Crippen molar-refractivity contribution in [3.63, 3.8) is 0 Å². The van der Waals surface area contributed by atoms with Crippen LogP contribution in [-0.2, 0) is 17.8 Å². The van der Waals surface area contributed by atoms with E-state index in [1.54, 1.807) is 13.0 Å². The lowest BCUT2D eigenvalue weighted by Crippen LogP contribution is -3.06. The molecule has 1 N–H and O–H groups in total. The molecule has 0 aliphatic carbocycles. The second-order valence-corrected chi connectivity index (χ2v) is 6.74. The Morgan fingerprint density at radius 1 is 1.15 bits per heavy atom. The van der Waals surface area contributed by atoms with Crippen LogP contribution in [-0.4, -0.2) is 24.6 Å².